The molecule has 8 heteroatoms. The molecule has 0 saturated heterocycles. The van der Waals surface area contributed by atoms with Gasteiger partial charge >= 0.3 is 11.9 Å². The zero-order chi connectivity index (χ0) is 17.3. The highest BCUT2D eigenvalue weighted by molar-refractivity contribution is 5.85. The van der Waals surface area contributed by atoms with E-state index in [9.17, 15) is 14.4 Å². The third-order valence-electron chi connectivity index (χ3n) is 2.71. The second-order valence-electron chi connectivity index (χ2n) is 5.97. The van der Waals surface area contributed by atoms with E-state index < -0.39 is 35.5 Å². The van der Waals surface area contributed by atoms with Crippen molar-refractivity contribution in [2.24, 2.45) is 11.5 Å². The maximum atomic E-state index is 11.7. The summed E-state index contributed by atoms with van der Waals surface area (Å²) < 4.78 is 9.55. The van der Waals surface area contributed by atoms with Gasteiger partial charge in [0.1, 0.15) is 18.2 Å². The molecule has 0 radical (unpaired) electrons. The van der Waals surface area contributed by atoms with Gasteiger partial charge in [0.15, 0.2) is 0 Å². The summed E-state index contributed by atoms with van der Waals surface area (Å²) in [6, 6.07) is -1.51. The van der Waals surface area contributed by atoms with E-state index in [1.165, 1.54) is 7.11 Å². The summed E-state index contributed by atoms with van der Waals surface area (Å²) in [5, 5.41) is 2.36. The number of amides is 1. The molecule has 0 aromatic heterocycles. The Labute approximate surface area is 130 Å². The third-order valence-corrected chi connectivity index (χ3v) is 2.71. The van der Waals surface area contributed by atoms with E-state index in [4.69, 9.17) is 16.2 Å². The predicted molar refractivity (Wildman–Crippen MR) is 80.7 cm³/mol. The summed E-state index contributed by atoms with van der Waals surface area (Å²) in [5.74, 6) is -1.47. The molecule has 5 N–H and O–H groups in total. The first-order valence-electron chi connectivity index (χ1n) is 7.15. The average Bonchev–Trinajstić information content (AvgIpc) is 2.41. The van der Waals surface area contributed by atoms with Gasteiger partial charge in [-0.2, -0.15) is 0 Å². The fourth-order valence-electron chi connectivity index (χ4n) is 1.55. The first-order chi connectivity index (χ1) is 10.1. The summed E-state index contributed by atoms with van der Waals surface area (Å²) in [5.41, 5.74) is 10.8. The molecule has 0 spiro atoms. The van der Waals surface area contributed by atoms with Crippen LogP contribution in [-0.2, 0) is 23.9 Å². The molecule has 0 aromatic rings. The summed E-state index contributed by atoms with van der Waals surface area (Å²) in [6.45, 7) is 5.07. The van der Waals surface area contributed by atoms with Gasteiger partial charge in [-0.15, -0.1) is 0 Å². The number of ether oxygens (including phenoxy) is 2. The van der Waals surface area contributed by atoms with Gasteiger partial charge in [0.05, 0.1) is 13.2 Å². The van der Waals surface area contributed by atoms with E-state index in [0.29, 0.717) is 19.3 Å². The average molecular weight is 317 g/mol. The lowest BCUT2D eigenvalue weighted by Gasteiger charge is -2.22. The highest BCUT2D eigenvalue weighted by Gasteiger charge is 2.22. The number of methoxy groups -OCH3 is 1. The minimum absolute atomic E-state index is 0.222. The maximum absolute atomic E-state index is 11.7. The minimum Gasteiger partial charge on any atom is -0.468 e. The Kier molecular flexibility index (Phi) is 8.66. The van der Waals surface area contributed by atoms with Gasteiger partial charge in [-0.1, -0.05) is 0 Å². The normalized spacial score (nSPS) is 13.9. The molecule has 1 unspecified atom stereocenters. The van der Waals surface area contributed by atoms with E-state index in [1.54, 1.807) is 20.8 Å². The molecule has 0 aliphatic heterocycles. The highest BCUT2D eigenvalue weighted by atomic mass is 16.6. The van der Waals surface area contributed by atoms with Crippen molar-refractivity contribution in [3.63, 3.8) is 0 Å². The molecular formula is C14H27N3O5. The zero-order valence-electron chi connectivity index (χ0n) is 13.7. The van der Waals surface area contributed by atoms with Crippen LogP contribution in [0.5, 0.6) is 0 Å². The van der Waals surface area contributed by atoms with Crippen LogP contribution in [0.15, 0.2) is 0 Å². The number of nitrogens with one attached hydrogen (secondary N) is 1. The van der Waals surface area contributed by atoms with Crippen molar-refractivity contribution in [3.05, 3.63) is 0 Å². The Hall–Kier alpha value is -1.67. The molecule has 0 fully saturated rings. The van der Waals surface area contributed by atoms with Gasteiger partial charge in [0, 0.05) is 0 Å². The molecule has 0 bridgehead atoms. The van der Waals surface area contributed by atoms with Crippen LogP contribution in [0.2, 0.25) is 0 Å². The Morgan fingerprint density at radius 3 is 2.14 bits per heavy atom. The van der Waals surface area contributed by atoms with E-state index in [2.05, 4.69) is 10.1 Å². The van der Waals surface area contributed by atoms with Crippen molar-refractivity contribution >= 4 is 17.8 Å². The topological polar surface area (TPSA) is 134 Å². The van der Waals surface area contributed by atoms with Crippen molar-refractivity contribution in [3.8, 4) is 0 Å². The third kappa shape index (κ3) is 9.30. The number of esters is 2. The van der Waals surface area contributed by atoms with Crippen molar-refractivity contribution < 1.29 is 23.9 Å². The lowest BCUT2D eigenvalue weighted by atomic mass is 10.1. The van der Waals surface area contributed by atoms with Crippen LogP contribution >= 0.6 is 0 Å². The van der Waals surface area contributed by atoms with E-state index in [1.807, 2.05) is 0 Å². The quantitative estimate of drug-likeness (QED) is 0.511. The molecule has 8 nitrogen and oxygen atoms in total. The van der Waals surface area contributed by atoms with Crippen molar-refractivity contribution in [1.29, 1.82) is 0 Å². The second-order valence-corrected chi connectivity index (χ2v) is 5.97. The number of carbonyl (C=O) groups excluding carboxylic acids is 3. The SMILES string of the molecule is COC(=O)CNC(=O)[C@@H](N)CCCC(N)C(=O)OC(C)(C)C. The fraction of sp³-hybridized carbons (Fsp3) is 0.786. The van der Waals surface area contributed by atoms with E-state index in [0.717, 1.165) is 0 Å². The summed E-state index contributed by atoms with van der Waals surface area (Å²) in [4.78, 5) is 34.1. The van der Waals surface area contributed by atoms with E-state index >= 15 is 0 Å². The van der Waals surface area contributed by atoms with Crippen molar-refractivity contribution in [2.45, 2.75) is 57.7 Å². The van der Waals surface area contributed by atoms with Crippen molar-refractivity contribution in [1.82, 2.24) is 5.32 Å². The molecule has 1 amide bonds. The number of hydrogen-bond donors (Lipinski definition) is 3. The van der Waals surface area contributed by atoms with Gasteiger partial charge in [-0.3, -0.25) is 14.4 Å². The van der Waals surface area contributed by atoms with Crippen LogP contribution < -0.4 is 16.8 Å². The largest absolute Gasteiger partial charge is 0.468 e. The minimum atomic E-state index is -0.768. The number of rotatable bonds is 8. The Morgan fingerprint density at radius 2 is 1.64 bits per heavy atom. The van der Waals surface area contributed by atoms with Crippen molar-refractivity contribution in [2.75, 3.05) is 13.7 Å². The van der Waals surface area contributed by atoms with Gasteiger partial charge in [-0.25, -0.2) is 0 Å². The van der Waals surface area contributed by atoms with Gasteiger partial charge in [0.25, 0.3) is 0 Å². The second kappa shape index (κ2) is 9.37. The first kappa shape index (κ1) is 20.3. The number of carbonyl (C=O) groups is 3. The molecule has 0 aromatic carbocycles. The lowest BCUT2D eigenvalue weighted by Crippen LogP contribution is -2.43. The number of hydrogen-bond acceptors (Lipinski definition) is 7. The lowest BCUT2D eigenvalue weighted by molar-refractivity contribution is -0.156. The van der Waals surface area contributed by atoms with Crippen LogP contribution in [-0.4, -0.2) is 49.2 Å². The van der Waals surface area contributed by atoms with Crippen LogP contribution in [0.4, 0.5) is 0 Å². The molecule has 0 aliphatic rings. The molecule has 22 heavy (non-hydrogen) atoms. The predicted octanol–water partition coefficient (Wildman–Crippen LogP) is -0.558. The summed E-state index contributed by atoms with van der Waals surface area (Å²) in [6.07, 6.45) is 1.21. The zero-order valence-corrected chi connectivity index (χ0v) is 13.7. The molecule has 0 heterocycles. The molecule has 0 aliphatic carbocycles. The highest BCUT2D eigenvalue weighted by Crippen LogP contribution is 2.10. The van der Waals surface area contributed by atoms with Gasteiger partial charge < -0.3 is 26.3 Å². The Bertz CT molecular complexity index is 392. The number of nitrogens with two attached hydrogens (primary N) is 2. The van der Waals surface area contributed by atoms with E-state index in [-0.39, 0.29) is 6.54 Å². The Balaban J connectivity index is 4.00. The van der Waals surface area contributed by atoms with Crippen LogP contribution in [0, 0.1) is 0 Å². The first-order valence-corrected chi connectivity index (χ1v) is 7.15. The maximum Gasteiger partial charge on any atom is 0.325 e. The monoisotopic (exact) mass is 317 g/mol. The smallest absolute Gasteiger partial charge is 0.325 e. The standard InChI is InChI=1S/C14H27N3O5/c1-14(2,3)22-13(20)10(16)7-5-6-9(15)12(19)17-8-11(18)21-4/h9-10H,5-8,15-16H2,1-4H3,(H,17,19)/t9-,10?/m0/s1. The summed E-state index contributed by atoms with van der Waals surface area (Å²) >= 11 is 0. The van der Waals surface area contributed by atoms with Gasteiger partial charge in [0.2, 0.25) is 5.91 Å². The summed E-state index contributed by atoms with van der Waals surface area (Å²) in [7, 11) is 1.23. The molecular weight excluding hydrogens is 290 g/mol. The molecule has 2 atom stereocenters. The Morgan fingerprint density at radius 1 is 1.09 bits per heavy atom. The van der Waals surface area contributed by atoms with Crippen LogP contribution in [0.1, 0.15) is 40.0 Å². The van der Waals surface area contributed by atoms with Gasteiger partial charge in [-0.05, 0) is 40.0 Å². The molecule has 0 rings (SSSR count). The van der Waals surface area contributed by atoms with Crippen LogP contribution in [0.25, 0.3) is 0 Å². The molecule has 0 saturated carbocycles. The van der Waals surface area contributed by atoms with Crippen LogP contribution in [0.3, 0.4) is 0 Å². The fourth-order valence-corrected chi connectivity index (χ4v) is 1.55. The molecule has 128 valence electrons.